The van der Waals surface area contributed by atoms with E-state index in [1.165, 1.54) is 13.2 Å². The normalized spacial score (nSPS) is 17.6. The molecule has 0 heterocycles. The lowest BCUT2D eigenvalue weighted by molar-refractivity contribution is -0.143. The van der Waals surface area contributed by atoms with Gasteiger partial charge in [0, 0.05) is 24.2 Å². The standard InChI is InChI=1S/C24H27ClN2O6/c1-32-21-11-6-17(14-20(21)25)23(29)27-13-12-26-22(28)15-2-7-18(8-3-15)33-19-9-4-16(5-10-19)24(30)31/h2-3,6-8,11,14,16,19H,4-5,9-10,12-13H2,1H3,(H,26,28)(H,27,29)(H,30,31). The third-order valence-electron chi connectivity index (χ3n) is 5.55. The maximum absolute atomic E-state index is 12.3. The van der Waals surface area contributed by atoms with E-state index in [2.05, 4.69) is 10.6 Å². The number of carbonyl (C=O) groups is 3. The van der Waals surface area contributed by atoms with Crippen LogP contribution in [0.4, 0.5) is 0 Å². The van der Waals surface area contributed by atoms with Gasteiger partial charge in [0.05, 0.1) is 24.2 Å². The van der Waals surface area contributed by atoms with E-state index in [1.54, 1.807) is 36.4 Å². The van der Waals surface area contributed by atoms with E-state index >= 15 is 0 Å². The molecule has 0 atom stereocenters. The molecule has 176 valence electrons. The topological polar surface area (TPSA) is 114 Å². The van der Waals surface area contributed by atoms with Gasteiger partial charge in [0.1, 0.15) is 11.5 Å². The second-order valence-corrected chi connectivity index (χ2v) is 8.22. The zero-order valence-electron chi connectivity index (χ0n) is 18.3. The SMILES string of the molecule is COc1ccc(C(=O)NCCNC(=O)c2ccc(OC3CCC(C(=O)O)CC3)cc2)cc1Cl. The van der Waals surface area contributed by atoms with Crippen molar-refractivity contribution in [3.63, 3.8) is 0 Å². The number of halogens is 1. The molecule has 1 aliphatic rings. The van der Waals surface area contributed by atoms with Gasteiger partial charge < -0.3 is 25.2 Å². The number of carboxylic acid groups (broad SMARTS) is 1. The van der Waals surface area contributed by atoms with Crippen molar-refractivity contribution in [2.45, 2.75) is 31.8 Å². The number of nitrogens with one attached hydrogen (secondary N) is 2. The van der Waals surface area contributed by atoms with Crippen molar-refractivity contribution in [3.8, 4) is 11.5 Å². The first kappa shape index (κ1) is 24.4. The fourth-order valence-corrected chi connectivity index (χ4v) is 3.93. The number of carboxylic acids is 1. The third-order valence-corrected chi connectivity index (χ3v) is 5.85. The smallest absolute Gasteiger partial charge is 0.306 e. The summed E-state index contributed by atoms with van der Waals surface area (Å²) in [5.74, 6) is -0.445. The van der Waals surface area contributed by atoms with Gasteiger partial charge in [0.2, 0.25) is 0 Å². The molecule has 1 fully saturated rings. The van der Waals surface area contributed by atoms with Crippen LogP contribution in [-0.2, 0) is 4.79 Å². The molecule has 1 aliphatic carbocycles. The van der Waals surface area contributed by atoms with E-state index in [9.17, 15) is 14.4 Å². The Hall–Kier alpha value is -3.26. The van der Waals surface area contributed by atoms with Crippen molar-refractivity contribution in [1.82, 2.24) is 10.6 Å². The van der Waals surface area contributed by atoms with E-state index in [4.69, 9.17) is 26.2 Å². The van der Waals surface area contributed by atoms with Crippen molar-refractivity contribution in [2.24, 2.45) is 5.92 Å². The number of benzene rings is 2. The van der Waals surface area contributed by atoms with Crippen molar-refractivity contribution in [2.75, 3.05) is 20.2 Å². The Bertz CT molecular complexity index is 987. The molecular weight excluding hydrogens is 448 g/mol. The highest BCUT2D eigenvalue weighted by Gasteiger charge is 2.26. The predicted molar refractivity (Wildman–Crippen MR) is 123 cm³/mol. The minimum Gasteiger partial charge on any atom is -0.495 e. The predicted octanol–water partition coefficient (Wildman–Crippen LogP) is 3.53. The van der Waals surface area contributed by atoms with E-state index in [0.717, 1.165) is 0 Å². The minimum atomic E-state index is -0.742. The molecule has 2 amide bonds. The lowest BCUT2D eigenvalue weighted by Gasteiger charge is -2.26. The van der Waals surface area contributed by atoms with Crippen LogP contribution in [0.3, 0.4) is 0 Å². The molecule has 2 aromatic rings. The third kappa shape index (κ3) is 6.86. The maximum Gasteiger partial charge on any atom is 0.306 e. The first-order chi connectivity index (χ1) is 15.9. The quantitative estimate of drug-likeness (QED) is 0.479. The summed E-state index contributed by atoms with van der Waals surface area (Å²) in [4.78, 5) is 35.6. The summed E-state index contributed by atoms with van der Waals surface area (Å²) in [5.41, 5.74) is 0.879. The lowest BCUT2D eigenvalue weighted by Crippen LogP contribution is -2.34. The van der Waals surface area contributed by atoms with E-state index in [0.29, 0.717) is 53.3 Å². The van der Waals surface area contributed by atoms with Crippen LogP contribution in [0.1, 0.15) is 46.4 Å². The van der Waals surface area contributed by atoms with Crippen molar-refractivity contribution in [3.05, 3.63) is 58.6 Å². The van der Waals surface area contributed by atoms with Crippen LogP contribution in [-0.4, -0.2) is 49.2 Å². The fraction of sp³-hybridized carbons (Fsp3) is 0.375. The Kier molecular flexibility index (Phi) is 8.54. The molecule has 0 spiro atoms. The molecule has 0 radical (unpaired) electrons. The molecule has 33 heavy (non-hydrogen) atoms. The molecule has 0 bridgehead atoms. The Morgan fingerprint density at radius 2 is 1.52 bits per heavy atom. The van der Waals surface area contributed by atoms with Gasteiger partial charge in [-0.1, -0.05) is 11.6 Å². The lowest BCUT2D eigenvalue weighted by atomic mass is 9.87. The summed E-state index contributed by atoms with van der Waals surface area (Å²) >= 11 is 6.03. The molecular formula is C24H27ClN2O6. The highest BCUT2D eigenvalue weighted by atomic mass is 35.5. The van der Waals surface area contributed by atoms with Gasteiger partial charge in [-0.15, -0.1) is 0 Å². The number of amides is 2. The average Bonchev–Trinajstić information content (AvgIpc) is 2.82. The van der Waals surface area contributed by atoms with E-state index < -0.39 is 5.97 Å². The Labute approximate surface area is 197 Å². The number of rotatable bonds is 9. The molecule has 8 nitrogen and oxygen atoms in total. The summed E-state index contributed by atoms with van der Waals surface area (Å²) in [6.45, 7) is 0.522. The Morgan fingerprint density at radius 1 is 0.939 bits per heavy atom. The van der Waals surface area contributed by atoms with Gasteiger partial charge in [-0.05, 0) is 68.1 Å². The van der Waals surface area contributed by atoms with Crippen LogP contribution in [0.2, 0.25) is 5.02 Å². The highest BCUT2D eigenvalue weighted by molar-refractivity contribution is 6.32. The molecule has 0 aromatic heterocycles. The number of hydrogen-bond acceptors (Lipinski definition) is 5. The van der Waals surface area contributed by atoms with Crippen LogP contribution < -0.4 is 20.1 Å². The van der Waals surface area contributed by atoms with Gasteiger partial charge in [-0.25, -0.2) is 0 Å². The van der Waals surface area contributed by atoms with Crippen molar-refractivity contribution >= 4 is 29.4 Å². The summed E-state index contributed by atoms with van der Waals surface area (Å²) in [7, 11) is 1.50. The molecule has 0 saturated heterocycles. The maximum atomic E-state index is 12.3. The fourth-order valence-electron chi connectivity index (χ4n) is 3.67. The summed E-state index contributed by atoms with van der Waals surface area (Å²) in [6, 6.07) is 11.6. The minimum absolute atomic E-state index is 0.00975. The molecule has 0 unspecified atom stereocenters. The van der Waals surface area contributed by atoms with Crippen LogP contribution >= 0.6 is 11.6 Å². The van der Waals surface area contributed by atoms with Crippen LogP contribution in [0.5, 0.6) is 11.5 Å². The number of carbonyl (C=O) groups excluding carboxylic acids is 2. The number of methoxy groups -OCH3 is 1. The van der Waals surface area contributed by atoms with Crippen molar-refractivity contribution in [1.29, 1.82) is 0 Å². The van der Waals surface area contributed by atoms with Crippen molar-refractivity contribution < 1.29 is 29.0 Å². The van der Waals surface area contributed by atoms with E-state index in [1.807, 2.05) is 0 Å². The van der Waals surface area contributed by atoms with Gasteiger partial charge in [-0.3, -0.25) is 14.4 Å². The largest absolute Gasteiger partial charge is 0.495 e. The summed E-state index contributed by atoms with van der Waals surface area (Å²) in [5, 5.41) is 14.9. The Balaban J connectivity index is 1.39. The molecule has 3 rings (SSSR count). The number of aliphatic carboxylic acids is 1. The van der Waals surface area contributed by atoms with Crippen LogP contribution in [0.15, 0.2) is 42.5 Å². The molecule has 0 aliphatic heterocycles. The summed E-state index contributed by atoms with van der Waals surface area (Å²) in [6.07, 6.45) is 2.62. The van der Waals surface area contributed by atoms with Gasteiger partial charge in [0.25, 0.3) is 11.8 Å². The molecule has 1 saturated carbocycles. The zero-order valence-corrected chi connectivity index (χ0v) is 19.1. The Morgan fingerprint density at radius 3 is 2.06 bits per heavy atom. The van der Waals surface area contributed by atoms with Gasteiger partial charge in [0.15, 0.2) is 0 Å². The first-order valence-corrected chi connectivity index (χ1v) is 11.1. The molecule has 2 aromatic carbocycles. The molecule has 3 N–H and O–H groups in total. The van der Waals surface area contributed by atoms with Crippen LogP contribution in [0.25, 0.3) is 0 Å². The average molecular weight is 475 g/mol. The monoisotopic (exact) mass is 474 g/mol. The number of ether oxygens (including phenoxy) is 2. The second-order valence-electron chi connectivity index (χ2n) is 7.82. The first-order valence-electron chi connectivity index (χ1n) is 10.8. The highest BCUT2D eigenvalue weighted by Crippen LogP contribution is 2.28. The zero-order chi connectivity index (χ0) is 23.8. The van der Waals surface area contributed by atoms with Crippen LogP contribution in [0, 0.1) is 5.92 Å². The molecule has 9 heteroatoms. The number of hydrogen-bond donors (Lipinski definition) is 3. The summed E-state index contributed by atoms with van der Waals surface area (Å²) < 4.78 is 11.0. The second kappa shape index (κ2) is 11.6. The van der Waals surface area contributed by atoms with Gasteiger partial charge >= 0.3 is 5.97 Å². The van der Waals surface area contributed by atoms with Gasteiger partial charge in [-0.2, -0.15) is 0 Å². The van der Waals surface area contributed by atoms with E-state index in [-0.39, 0.29) is 36.9 Å².